The molecule has 0 aromatic heterocycles. The number of allylic oxidation sites excluding steroid dienone is 1. The highest BCUT2D eigenvalue weighted by Crippen LogP contribution is 2.23. The van der Waals surface area contributed by atoms with Gasteiger partial charge in [0.25, 0.3) is 0 Å². The van der Waals surface area contributed by atoms with E-state index in [2.05, 4.69) is 19.2 Å². The van der Waals surface area contributed by atoms with Crippen LogP contribution in [-0.4, -0.2) is 88.4 Å². The standard InChI is InChI=1S/C37H61NO9/c1-3-5-7-8-9-10-11-12-13-14-15-16-21-24-30(46-36(44)28-22-19-17-20-23-28)29(38-32(40)25-18-6-4-2)27-45-37-35(43)34(42)33(41)31(26-39)47-37/h17,19-24,29-31,33-35,37,39,41-43H,3-16,18,25-27H2,1-2H3,(H,38,40)/b24-21+/t29-,30+,31+,33-,34-,35+,37+/m0/s1. The zero-order valence-electron chi connectivity index (χ0n) is 28.6. The lowest BCUT2D eigenvalue weighted by molar-refractivity contribution is -0.302. The highest BCUT2D eigenvalue weighted by atomic mass is 16.7. The highest BCUT2D eigenvalue weighted by molar-refractivity contribution is 5.89. The van der Waals surface area contributed by atoms with Crippen LogP contribution in [0.15, 0.2) is 42.5 Å². The number of hydrogen-bond donors (Lipinski definition) is 5. The SMILES string of the molecule is CCCCCCCCCCCCC/C=C/[C@@H](OC(=O)c1ccccc1)[C@H](CO[C@@H]1O[C@H](CO)[C@H](O)[C@H](O)[C@H]1O)NC(=O)CCCCC. The molecule has 1 aliphatic heterocycles. The molecule has 1 amide bonds. The first-order chi connectivity index (χ1) is 22.8. The topological polar surface area (TPSA) is 155 Å². The lowest BCUT2D eigenvalue weighted by atomic mass is 9.99. The summed E-state index contributed by atoms with van der Waals surface area (Å²) in [5.74, 6) is -0.798. The number of nitrogens with one attached hydrogen (secondary N) is 1. The number of benzene rings is 1. The van der Waals surface area contributed by atoms with Gasteiger partial charge in [-0.05, 0) is 37.5 Å². The van der Waals surface area contributed by atoms with Gasteiger partial charge in [-0.2, -0.15) is 0 Å². The summed E-state index contributed by atoms with van der Waals surface area (Å²) < 4.78 is 17.3. The summed E-state index contributed by atoms with van der Waals surface area (Å²) in [5.41, 5.74) is 0.360. The van der Waals surface area contributed by atoms with Crippen molar-refractivity contribution in [2.24, 2.45) is 0 Å². The van der Waals surface area contributed by atoms with Gasteiger partial charge in [-0.1, -0.05) is 115 Å². The fourth-order valence-corrected chi connectivity index (χ4v) is 5.61. The molecule has 0 radical (unpaired) electrons. The molecule has 7 atom stereocenters. The summed E-state index contributed by atoms with van der Waals surface area (Å²) in [6.07, 6.45) is 12.8. The van der Waals surface area contributed by atoms with Crippen molar-refractivity contribution in [2.75, 3.05) is 13.2 Å². The first-order valence-electron chi connectivity index (χ1n) is 18.0. The maximum atomic E-state index is 13.1. The van der Waals surface area contributed by atoms with Crippen molar-refractivity contribution >= 4 is 11.9 Å². The zero-order valence-corrected chi connectivity index (χ0v) is 28.6. The Morgan fingerprint density at radius 1 is 0.830 bits per heavy atom. The molecule has 47 heavy (non-hydrogen) atoms. The van der Waals surface area contributed by atoms with Gasteiger partial charge in [-0.25, -0.2) is 4.79 Å². The van der Waals surface area contributed by atoms with Crippen molar-refractivity contribution in [3.05, 3.63) is 48.0 Å². The summed E-state index contributed by atoms with van der Waals surface area (Å²) in [7, 11) is 0. The normalized spacial score (nSPS) is 22.6. The molecule has 1 aliphatic rings. The van der Waals surface area contributed by atoms with Gasteiger partial charge in [0, 0.05) is 6.42 Å². The average Bonchev–Trinajstić information content (AvgIpc) is 3.08. The first kappa shape index (κ1) is 40.8. The number of esters is 1. The van der Waals surface area contributed by atoms with Gasteiger partial charge >= 0.3 is 5.97 Å². The Hall–Kier alpha value is -2.34. The van der Waals surface area contributed by atoms with E-state index in [-0.39, 0.29) is 18.9 Å². The number of carbonyl (C=O) groups excluding carboxylic acids is 2. The maximum Gasteiger partial charge on any atom is 0.338 e. The molecule has 2 rings (SSSR count). The van der Waals surface area contributed by atoms with Crippen LogP contribution in [0.25, 0.3) is 0 Å². The lowest BCUT2D eigenvalue weighted by Gasteiger charge is -2.40. The smallest absolute Gasteiger partial charge is 0.338 e. The molecule has 1 saturated heterocycles. The molecule has 0 bridgehead atoms. The van der Waals surface area contributed by atoms with Gasteiger partial charge in [0.05, 0.1) is 24.8 Å². The van der Waals surface area contributed by atoms with Crippen LogP contribution >= 0.6 is 0 Å². The van der Waals surface area contributed by atoms with E-state index < -0.39 is 55.4 Å². The van der Waals surface area contributed by atoms with Crippen molar-refractivity contribution in [3.63, 3.8) is 0 Å². The fraction of sp³-hybridized carbons (Fsp3) is 0.730. The van der Waals surface area contributed by atoms with E-state index in [1.54, 1.807) is 36.4 Å². The molecule has 1 heterocycles. The van der Waals surface area contributed by atoms with E-state index in [9.17, 15) is 30.0 Å². The monoisotopic (exact) mass is 663 g/mol. The Kier molecular flexibility index (Phi) is 21.5. The summed E-state index contributed by atoms with van der Waals surface area (Å²) in [6.45, 7) is 3.45. The third kappa shape index (κ3) is 16.1. The number of carbonyl (C=O) groups is 2. The van der Waals surface area contributed by atoms with Gasteiger partial charge in [0.1, 0.15) is 30.5 Å². The number of unbranched alkanes of at least 4 members (excludes halogenated alkanes) is 13. The van der Waals surface area contributed by atoms with E-state index in [0.717, 1.165) is 32.1 Å². The fourth-order valence-electron chi connectivity index (χ4n) is 5.61. The van der Waals surface area contributed by atoms with Crippen molar-refractivity contribution < 1.29 is 44.2 Å². The molecule has 0 aliphatic carbocycles. The van der Waals surface area contributed by atoms with Crippen molar-refractivity contribution in [3.8, 4) is 0 Å². The number of hydrogen-bond acceptors (Lipinski definition) is 9. The van der Waals surface area contributed by atoms with Gasteiger partial charge < -0.3 is 40.0 Å². The molecular formula is C37H61NO9. The highest BCUT2D eigenvalue weighted by Gasteiger charge is 2.44. The molecule has 10 nitrogen and oxygen atoms in total. The van der Waals surface area contributed by atoms with Gasteiger partial charge in [-0.15, -0.1) is 0 Å². The number of aliphatic hydroxyl groups is 4. The molecule has 268 valence electrons. The second kappa shape index (κ2) is 24.7. The van der Waals surface area contributed by atoms with Crippen molar-refractivity contribution in [1.82, 2.24) is 5.32 Å². The van der Waals surface area contributed by atoms with E-state index >= 15 is 0 Å². The number of ether oxygens (including phenoxy) is 3. The Morgan fingerprint density at radius 3 is 2.04 bits per heavy atom. The van der Waals surface area contributed by atoms with Crippen LogP contribution in [-0.2, 0) is 19.0 Å². The molecule has 1 aromatic rings. The molecule has 5 N–H and O–H groups in total. The Balaban J connectivity index is 2.07. The third-order valence-corrected chi connectivity index (χ3v) is 8.59. The van der Waals surface area contributed by atoms with Crippen LogP contribution in [0.2, 0.25) is 0 Å². The van der Waals surface area contributed by atoms with Crippen LogP contribution in [0.1, 0.15) is 127 Å². The average molecular weight is 664 g/mol. The van der Waals surface area contributed by atoms with Gasteiger partial charge in [0.2, 0.25) is 5.91 Å². The largest absolute Gasteiger partial charge is 0.452 e. The lowest BCUT2D eigenvalue weighted by Crippen LogP contribution is -2.60. The van der Waals surface area contributed by atoms with E-state index in [1.165, 1.54) is 57.8 Å². The van der Waals surface area contributed by atoms with E-state index in [1.807, 2.05) is 6.08 Å². The Bertz CT molecular complexity index is 989. The summed E-state index contributed by atoms with van der Waals surface area (Å²) >= 11 is 0. The van der Waals surface area contributed by atoms with Gasteiger partial charge in [0.15, 0.2) is 6.29 Å². The molecular weight excluding hydrogens is 602 g/mol. The minimum absolute atomic E-state index is 0.236. The van der Waals surface area contributed by atoms with Crippen LogP contribution < -0.4 is 5.32 Å². The molecule has 0 unspecified atom stereocenters. The van der Waals surface area contributed by atoms with E-state index in [0.29, 0.717) is 12.0 Å². The predicted octanol–water partition coefficient (Wildman–Crippen LogP) is 5.35. The molecule has 0 saturated carbocycles. The predicted molar refractivity (Wildman–Crippen MR) is 182 cm³/mol. The van der Waals surface area contributed by atoms with Crippen LogP contribution in [0.4, 0.5) is 0 Å². The molecule has 1 aromatic carbocycles. The second-order valence-electron chi connectivity index (χ2n) is 12.7. The minimum atomic E-state index is -1.61. The number of amides is 1. The molecule has 10 heteroatoms. The van der Waals surface area contributed by atoms with Crippen LogP contribution in [0.5, 0.6) is 0 Å². The third-order valence-electron chi connectivity index (χ3n) is 8.59. The quantitative estimate of drug-likeness (QED) is 0.0529. The zero-order chi connectivity index (χ0) is 34.3. The van der Waals surface area contributed by atoms with E-state index in [4.69, 9.17) is 14.2 Å². The summed E-state index contributed by atoms with van der Waals surface area (Å²) in [5, 5.41) is 43.4. The van der Waals surface area contributed by atoms with Crippen molar-refractivity contribution in [1.29, 1.82) is 0 Å². The molecule has 0 spiro atoms. The second-order valence-corrected chi connectivity index (χ2v) is 12.7. The maximum absolute atomic E-state index is 13.1. The number of aliphatic hydroxyl groups excluding tert-OH is 4. The Morgan fingerprint density at radius 2 is 1.43 bits per heavy atom. The van der Waals surface area contributed by atoms with Crippen molar-refractivity contribution in [2.45, 2.75) is 159 Å². The summed E-state index contributed by atoms with van der Waals surface area (Å²) in [6, 6.07) is 7.73. The number of rotatable bonds is 25. The Labute approximate surface area is 281 Å². The minimum Gasteiger partial charge on any atom is -0.452 e. The summed E-state index contributed by atoms with van der Waals surface area (Å²) in [4.78, 5) is 26.1. The van der Waals surface area contributed by atoms with Gasteiger partial charge in [-0.3, -0.25) is 4.79 Å². The van der Waals surface area contributed by atoms with Crippen LogP contribution in [0, 0.1) is 0 Å². The molecule has 1 fully saturated rings. The van der Waals surface area contributed by atoms with Crippen LogP contribution in [0.3, 0.4) is 0 Å². The first-order valence-corrected chi connectivity index (χ1v) is 18.0.